The molecule has 3 aromatic rings. The Bertz CT molecular complexity index is 867. The molecule has 0 unspecified atom stereocenters. The van der Waals surface area contributed by atoms with Crippen LogP contribution >= 0.6 is 11.6 Å². The van der Waals surface area contributed by atoms with E-state index in [1.165, 1.54) is 6.07 Å². The molecule has 0 N–H and O–H groups in total. The standard InChI is InChI=1S/C17H10ClFO4/c18-13-8-11(19)5-6-12(13)17(21)22-9-14(20)16-7-10-3-1-2-4-15(10)23-16/h1-8H,9H2. The first-order chi connectivity index (χ1) is 11.0. The normalized spacial score (nSPS) is 10.7. The van der Waals surface area contributed by atoms with Gasteiger partial charge in [0, 0.05) is 5.39 Å². The molecule has 0 aliphatic carbocycles. The Morgan fingerprint density at radius 3 is 2.65 bits per heavy atom. The Balaban J connectivity index is 1.69. The van der Waals surface area contributed by atoms with Crippen molar-refractivity contribution < 1.29 is 23.1 Å². The SMILES string of the molecule is O=C(COC(=O)c1ccc(F)cc1Cl)c1cc2ccccc2o1. The van der Waals surface area contributed by atoms with Crippen molar-refractivity contribution in [3.05, 3.63) is 70.7 Å². The van der Waals surface area contributed by atoms with E-state index in [2.05, 4.69) is 0 Å². The number of halogens is 2. The van der Waals surface area contributed by atoms with E-state index in [0.29, 0.717) is 5.58 Å². The lowest BCUT2D eigenvalue weighted by Gasteiger charge is -2.04. The van der Waals surface area contributed by atoms with Crippen LogP contribution in [0, 0.1) is 5.82 Å². The Hall–Kier alpha value is -2.66. The highest BCUT2D eigenvalue weighted by molar-refractivity contribution is 6.33. The monoisotopic (exact) mass is 332 g/mol. The molecule has 0 fully saturated rings. The third-order valence-electron chi connectivity index (χ3n) is 3.19. The summed E-state index contributed by atoms with van der Waals surface area (Å²) in [6, 6.07) is 12.0. The average Bonchev–Trinajstić information content (AvgIpc) is 2.96. The Morgan fingerprint density at radius 2 is 1.91 bits per heavy atom. The molecule has 0 atom stereocenters. The van der Waals surface area contributed by atoms with Gasteiger partial charge < -0.3 is 9.15 Å². The summed E-state index contributed by atoms with van der Waals surface area (Å²) in [5.74, 6) is -1.75. The number of esters is 1. The molecule has 0 saturated carbocycles. The van der Waals surface area contributed by atoms with Crippen LogP contribution in [0.1, 0.15) is 20.9 Å². The molecule has 0 saturated heterocycles. The summed E-state index contributed by atoms with van der Waals surface area (Å²) in [5, 5.41) is 0.704. The Morgan fingerprint density at radius 1 is 1.13 bits per heavy atom. The van der Waals surface area contributed by atoms with Crippen molar-refractivity contribution in [2.24, 2.45) is 0 Å². The van der Waals surface area contributed by atoms with Crippen molar-refractivity contribution in [1.29, 1.82) is 0 Å². The van der Waals surface area contributed by atoms with Crippen molar-refractivity contribution in [2.75, 3.05) is 6.61 Å². The molecule has 0 bridgehead atoms. The van der Waals surface area contributed by atoms with E-state index in [4.69, 9.17) is 20.8 Å². The van der Waals surface area contributed by atoms with Gasteiger partial charge in [0.25, 0.3) is 0 Å². The number of carbonyl (C=O) groups excluding carboxylic acids is 2. The van der Waals surface area contributed by atoms with E-state index in [0.717, 1.165) is 17.5 Å². The number of benzene rings is 2. The van der Waals surface area contributed by atoms with Crippen LogP contribution in [-0.2, 0) is 4.74 Å². The van der Waals surface area contributed by atoms with Crippen molar-refractivity contribution >= 4 is 34.3 Å². The minimum atomic E-state index is -0.806. The number of para-hydroxylation sites is 1. The largest absolute Gasteiger partial charge is 0.454 e. The van der Waals surface area contributed by atoms with E-state index in [9.17, 15) is 14.0 Å². The van der Waals surface area contributed by atoms with Crippen LogP contribution in [0.25, 0.3) is 11.0 Å². The third-order valence-corrected chi connectivity index (χ3v) is 3.50. The molecule has 1 aromatic heterocycles. The number of carbonyl (C=O) groups is 2. The molecule has 3 rings (SSSR count). The fourth-order valence-electron chi connectivity index (χ4n) is 2.05. The number of ketones is 1. The number of Topliss-reactive ketones (excluding diaryl/α,β-unsaturated/α-hetero) is 1. The summed E-state index contributed by atoms with van der Waals surface area (Å²) in [4.78, 5) is 23.9. The highest BCUT2D eigenvalue weighted by atomic mass is 35.5. The highest BCUT2D eigenvalue weighted by Gasteiger charge is 2.17. The second kappa shape index (κ2) is 6.22. The maximum absolute atomic E-state index is 12.9. The van der Waals surface area contributed by atoms with Gasteiger partial charge in [0.15, 0.2) is 12.4 Å². The molecule has 1 heterocycles. The number of ether oxygens (including phenoxy) is 1. The lowest BCUT2D eigenvalue weighted by atomic mass is 10.2. The van der Waals surface area contributed by atoms with Gasteiger partial charge in [-0.1, -0.05) is 29.8 Å². The van der Waals surface area contributed by atoms with Crippen molar-refractivity contribution in [2.45, 2.75) is 0 Å². The van der Waals surface area contributed by atoms with Gasteiger partial charge in [-0.2, -0.15) is 0 Å². The Kier molecular flexibility index (Phi) is 4.12. The van der Waals surface area contributed by atoms with Gasteiger partial charge in [0.1, 0.15) is 11.4 Å². The molecule has 0 aliphatic rings. The summed E-state index contributed by atoms with van der Waals surface area (Å²) in [7, 11) is 0. The van der Waals surface area contributed by atoms with E-state index in [-0.39, 0.29) is 16.3 Å². The zero-order chi connectivity index (χ0) is 16.4. The zero-order valence-electron chi connectivity index (χ0n) is 11.7. The van der Waals surface area contributed by atoms with Crippen LogP contribution in [0.3, 0.4) is 0 Å². The molecular weight excluding hydrogens is 323 g/mol. The molecular formula is C17H10ClFO4. The zero-order valence-corrected chi connectivity index (χ0v) is 12.5. The first kappa shape index (κ1) is 15.2. The Labute approximate surface area is 135 Å². The molecule has 116 valence electrons. The lowest BCUT2D eigenvalue weighted by Crippen LogP contribution is -2.14. The van der Waals surface area contributed by atoms with Crippen LogP contribution in [-0.4, -0.2) is 18.4 Å². The predicted octanol–water partition coefficient (Wildman–Crippen LogP) is 4.27. The van der Waals surface area contributed by atoms with Crippen LogP contribution in [0.5, 0.6) is 0 Å². The van der Waals surface area contributed by atoms with Crippen molar-refractivity contribution in [3.63, 3.8) is 0 Å². The smallest absolute Gasteiger partial charge is 0.340 e. The van der Waals surface area contributed by atoms with Gasteiger partial charge in [-0.25, -0.2) is 9.18 Å². The first-order valence-corrected chi connectivity index (χ1v) is 7.06. The summed E-state index contributed by atoms with van der Waals surface area (Å²) < 4.78 is 23.2. The third kappa shape index (κ3) is 3.24. The quantitative estimate of drug-likeness (QED) is 0.529. The van der Waals surface area contributed by atoms with Gasteiger partial charge in [0.2, 0.25) is 5.78 Å². The van der Waals surface area contributed by atoms with Crippen LogP contribution < -0.4 is 0 Å². The molecule has 23 heavy (non-hydrogen) atoms. The second-order valence-corrected chi connectivity index (χ2v) is 5.18. The average molecular weight is 333 g/mol. The van der Waals surface area contributed by atoms with Crippen LogP contribution in [0.4, 0.5) is 4.39 Å². The summed E-state index contributed by atoms with van der Waals surface area (Å²) in [6.45, 7) is -0.494. The number of hydrogen-bond acceptors (Lipinski definition) is 4. The van der Waals surface area contributed by atoms with E-state index >= 15 is 0 Å². The first-order valence-electron chi connectivity index (χ1n) is 6.68. The fraction of sp³-hybridized carbons (Fsp3) is 0.0588. The van der Waals surface area contributed by atoms with Crippen molar-refractivity contribution in [3.8, 4) is 0 Å². The molecule has 0 spiro atoms. The maximum atomic E-state index is 12.9. The summed E-state index contributed by atoms with van der Waals surface area (Å²) >= 11 is 5.77. The summed E-state index contributed by atoms with van der Waals surface area (Å²) in [6.07, 6.45) is 0. The van der Waals surface area contributed by atoms with Gasteiger partial charge in [-0.3, -0.25) is 4.79 Å². The number of hydrogen-bond donors (Lipinski definition) is 0. The molecule has 6 heteroatoms. The fourth-order valence-corrected chi connectivity index (χ4v) is 2.30. The van der Waals surface area contributed by atoms with Gasteiger partial charge >= 0.3 is 5.97 Å². The predicted molar refractivity (Wildman–Crippen MR) is 82.2 cm³/mol. The second-order valence-electron chi connectivity index (χ2n) is 4.77. The molecule has 0 amide bonds. The minimum absolute atomic E-state index is 0.00882. The highest BCUT2D eigenvalue weighted by Crippen LogP contribution is 2.20. The molecule has 0 aliphatic heterocycles. The molecule has 0 radical (unpaired) electrons. The van der Waals surface area contributed by atoms with Crippen LogP contribution in [0.2, 0.25) is 5.02 Å². The maximum Gasteiger partial charge on any atom is 0.340 e. The number of fused-ring (bicyclic) bond motifs is 1. The van der Waals surface area contributed by atoms with Gasteiger partial charge in [-0.15, -0.1) is 0 Å². The number of rotatable bonds is 4. The topological polar surface area (TPSA) is 56.5 Å². The van der Waals surface area contributed by atoms with E-state index in [1.54, 1.807) is 24.3 Å². The lowest BCUT2D eigenvalue weighted by molar-refractivity contribution is 0.0468. The molecule has 2 aromatic carbocycles. The van der Waals surface area contributed by atoms with E-state index < -0.39 is 24.2 Å². The van der Waals surface area contributed by atoms with Gasteiger partial charge in [-0.05, 0) is 30.3 Å². The van der Waals surface area contributed by atoms with Crippen molar-refractivity contribution in [1.82, 2.24) is 0 Å². The number of furan rings is 1. The minimum Gasteiger partial charge on any atom is -0.454 e. The van der Waals surface area contributed by atoms with Gasteiger partial charge in [0.05, 0.1) is 10.6 Å². The summed E-state index contributed by atoms with van der Waals surface area (Å²) in [5.41, 5.74) is 0.564. The molecule has 4 nitrogen and oxygen atoms in total. The van der Waals surface area contributed by atoms with Crippen LogP contribution in [0.15, 0.2) is 52.9 Å². The van der Waals surface area contributed by atoms with E-state index in [1.807, 2.05) is 6.07 Å².